The third-order valence-corrected chi connectivity index (χ3v) is 5.20. The molecule has 0 radical (unpaired) electrons. The van der Waals surface area contributed by atoms with E-state index in [9.17, 15) is 0 Å². The van der Waals surface area contributed by atoms with Gasteiger partial charge in [0.2, 0.25) is 0 Å². The zero-order valence-corrected chi connectivity index (χ0v) is 14.9. The Balaban J connectivity index is 2.61. The smallest absolute Gasteiger partial charge is 0.0650 e. The minimum absolute atomic E-state index is 0.264. The molecule has 0 aliphatic rings. The van der Waals surface area contributed by atoms with E-state index in [0.717, 1.165) is 0 Å². The second-order valence-corrected chi connectivity index (χ2v) is 6.87. The van der Waals surface area contributed by atoms with Crippen molar-refractivity contribution in [2.45, 2.75) is 46.4 Å². The summed E-state index contributed by atoms with van der Waals surface area (Å²) in [5.41, 5.74) is 11.0. The van der Waals surface area contributed by atoms with Crippen LogP contribution in [0.1, 0.15) is 49.3 Å². The fraction of sp³-hybridized carbons (Fsp3) is 0.368. The van der Waals surface area contributed by atoms with E-state index >= 15 is 0 Å². The van der Waals surface area contributed by atoms with Crippen molar-refractivity contribution in [2.24, 2.45) is 0 Å². The third-order valence-electron chi connectivity index (χ3n) is 4.21. The molecular weight excluding hydrogens is 308 g/mol. The van der Waals surface area contributed by atoms with Crippen molar-refractivity contribution >= 4 is 15.9 Å². The standard InChI is InChI=1S/C19H23Br/c1-11-7-12(2)9-17(8-11)19(20)18-15(5)13(3)10-14(4)16(18)6/h7-10,19H,1-6H3. The second kappa shape index (κ2) is 5.73. The van der Waals surface area contributed by atoms with Gasteiger partial charge in [-0.25, -0.2) is 0 Å². The zero-order valence-electron chi connectivity index (χ0n) is 13.3. The molecule has 0 fully saturated rings. The quantitative estimate of drug-likeness (QED) is 0.590. The van der Waals surface area contributed by atoms with Crippen LogP contribution >= 0.6 is 15.9 Å². The van der Waals surface area contributed by atoms with E-state index < -0.39 is 0 Å². The molecule has 2 aromatic rings. The van der Waals surface area contributed by atoms with Crippen molar-refractivity contribution in [1.29, 1.82) is 0 Å². The van der Waals surface area contributed by atoms with Crippen LogP contribution in [0, 0.1) is 41.5 Å². The van der Waals surface area contributed by atoms with Crippen LogP contribution in [0.2, 0.25) is 0 Å². The minimum atomic E-state index is 0.264. The summed E-state index contributed by atoms with van der Waals surface area (Å²) in [6.45, 7) is 13.2. The minimum Gasteiger partial charge on any atom is -0.0786 e. The van der Waals surface area contributed by atoms with E-state index in [-0.39, 0.29) is 4.83 Å². The topological polar surface area (TPSA) is 0 Å². The molecule has 0 nitrogen and oxygen atoms in total. The number of aryl methyl sites for hydroxylation is 4. The lowest BCUT2D eigenvalue weighted by Crippen LogP contribution is -2.03. The van der Waals surface area contributed by atoms with Gasteiger partial charge in [-0.2, -0.15) is 0 Å². The molecule has 0 bridgehead atoms. The van der Waals surface area contributed by atoms with Crippen molar-refractivity contribution in [3.8, 4) is 0 Å². The van der Waals surface area contributed by atoms with E-state index in [2.05, 4.69) is 81.7 Å². The Bertz CT molecular complexity index is 607. The normalized spacial score (nSPS) is 12.6. The number of hydrogen-bond acceptors (Lipinski definition) is 0. The molecule has 0 spiro atoms. The fourth-order valence-corrected chi connectivity index (χ4v) is 3.90. The van der Waals surface area contributed by atoms with Crippen LogP contribution in [0.5, 0.6) is 0 Å². The van der Waals surface area contributed by atoms with Crippen LogP contribution in [-0.4, -0.2) is 0 Å². The molecule has 1 unspecified atom stereocenters. The Kier molecular flexibility index (Phi) is 4.39. The summed E-state index contributed by atoms with van der Waals surface area (Å²) in [7, 11) is 0. The molecule has 0 saturated heterocycles. The Morgan fingerprint density at radius 2 is 1.15 bits per heavy atom. The third kappa shape index (κ3) is 2.83. The molecular formula is C19H23Br. The highest BCUT2D eigenvalue weighted by atomic mass is 79.9. The summed E-state index contributed by atoms with van der Waals surface area (Å²) in [5.74, 6) is 0. The van der Waals surface area contributed by atoms with Gasteiger partial charge in [-0.1, -0.05) is 51.3 Å². The highest BCUT2D eigenvalue weighted by Crippen LogP contribution is 2.37. The van der Waals surface area contributed by atoms with Gasteiger partial charge in [-0.15, -0.1) is 0 Å². The fourth-order valence-electron chi connectivity index (χ4n) is 2.95. The van der Waals surface area contributed by atoms with Gasteiger partial charge in [-0.05, 0) is 74.9 Å². The van der Waals surface area contributed by atoms with Gasteiger partial charge in [-0.3, -0.25) is 0 Å². The number of rotatable bonds is 2. The van der Waals surface area contributed by atoms with Crippen molar-refractivity contribution < 1.29 is 0 Å². The first kappa shape index (κ1) is 15.3. The van der Waals surface area contributed by atoms with Crippen LogP contribution in [0.4, 0.5) is 0 Å². The number of halogens is 1. The van der Waals surface area contributed by atoms with Gasteiger partial charge in [0.05, 0.1) is 4.83 Å². The first-order valence-electron chi connectivity index (χ1n) is 7.10. The lowest BCUT2D eigenvalue weighted by atomic mass is 9.89. The average Bonchev–Trinajstić information content (AvgIpc) is 2.35. The molecule has 0 amide bonds. The first-order chi connectivity index (χ1) is 9.31. The molecule has 2 rings (SSSR count). The maximum absolute atomic E-state index is 3.93. The van der Waals surface area contributed by atoms with Crippen LogP contribution in [0.3, 0.4) is 0 Å². The van der Waals surface area contributed by atoms with E-state index in [0.29, 0.717) is 0 Å². The SMILES string of the molecule is Cc1cc(C)cc(C(Br)c2c(C)c(C)cc(C)c2C)c1. The van der Waals surface area contributed by atoms with E-state index in [1.807, 2.05) is 0 Å². The highest BCUT2D eigenvalue weighted by molar-refractivity contribution is 9.09. The Labute approximate surface area is 131 Å². The predicted octanol–water partition coefficient (Wildman–Crippen LogP) is 6.02. The van der Waals surface area contributed by atoms with Gasteiger partial charge in [0.25, 0.3) is 0 Å². The molecule has 0 heterocycles. The van der Waals surface area contributed by atoms with Gasteiger partial charge in [0, 0.05) is 0 Å². The molecule has 0 aliphatic heterocycles. The molecule has 0 aromatic heterocycles. The zero-order chi connectivity index (χ0) is 15.0. The van der Waals surface area contributed by atoms with Crippen molar-refractivity contribution in [1.82, 2.24) is 0 Å². The second-order valence-electron chi connectivity index (χ2n) is 5.96. The summed E-state index contributed by atoms with van der Waals surface area (Å²) in [5, 5.41) is 0. The summed E-state index contributed by atoms with van der Waals surface area (Å²) in [6.07, 6.45) is 0. The molecule has 0 N–H and O–H groups in total. The van der Waals surface area contributed by atoms with E-state index in [1.54, 1.807) is 0 Å². The van der Waals surface area contributed by atoms with Gasteiger partial charge in [0.1, 0.15) is 0 Å². The summed E-state index contributed by atoms with van der Waals surface area (Å²) >= 11 is 3.93. The van der Waals surface area contributed by atoms with Crippen molar-refractivity contribution in [3.63, 3.8) is 0 Å². The summed E-state index contributed by atoms with van der Waals surface area (Å²) in [6, 6.07) is 9.08. The lowest BCUT2D eigenvalue weighted by Gasteiger charge is -2.21. The number of hydrogen-bond donors (Lipinski definition) is 0. The van der Waals surface area contributed by atoms with Gasteiger partial charge in [0.15, 0.2) is 0 Å². The monoisotopic (exact) mass is 330 g/mol. The Hall–Kier alpha value is -1.08. The Morgan fingerprint density at radius 1 is 0.700 bits per heavy atom. The average molecular weight is 331 g/mol. The molecule has 2 aromatic carbocycles. The largest absolute Gasteiger partial charge is 0.0786 e. The van der Waals surface area contributed by atoms with Gasteiger partial charge < -0.3 is 0 Å². The Morgan fingerprint density at radius 3 is 1.60 bits per heavy atom. The van der Waals surface area contributed by atoms with Gasteiger partial charge >= 0.3 is 0 Å². The molecule has 106 valence electrons. The van der Waals surface area contributed by atoms with E-state index in [1.165, 1.54) is 44.5 Å². The highest BCUT2D eigenvalue weighted by Gasteiger charge is 2.18. The van der Waals surface area contributed by atoms with Crippen LogP contribution in [0.25, 0.3) is 0 Å². The molecule has 20 heavy (non-hydrogen) atoms. The molecule has 0 aliphatic carbocycles. The maximum Gasteiger partial charge on any atom is 0.0650 e. The number of benzene rings is 2. The van der Waals surface area contributed by atoms with Crippen molar-refractivity contribution in [2.75, 3.05) is 0 Å². The lowest BCUT2D eigenvalue weighted by molar-refractivity contribution is 1.07. The molecule has 1 heteroatoms. The van der Waals surface area contributed by atoms with E-state index in [4.69, 9.17) is 0 Å². The summed E-state index contributed by atoms with van der Waals surface area (Å²) in [4.78, 5) is 0.264. The maximum atomic E-state index is 3.93. The van der Waals surface area contributed by atoms with Crippen LogP contribution < -0.4 is 0 Å². The molecule has 0 saturated carbocycles. The summed E-state index contributed by atoms with van der Waals surface area (Å²) < 4.78 is 0. The predicted molar refractivity (Wildman–Crippen MR) is 92.1 cm³/mol. The number of alkyl halides is 1. The first-order valence-corrected chi connectivity index (χ1v) is 8.02. The molecule has 1 atom stereocenters. The van der Waals surface area contributed by atoms with Crippen LogP contribution in [0.15, 0.2) is 24.3 Å². The van der Waals surface area contributed by atoms with Crippen LogP contribution in [-0.2, 0) is 0 Å². The van der Waals surface area contributed by atoms with Crippen molar-refractivity contribution in [3.05, 3.63) is 68.8 Å².